The lowest BCUT2D eigenvalue weighted by molar-refractivity contribution is -0.132. The van der Waals surface area contributed by atoms with Gasteiger partial charge in [0.25, 0.3) is 0 Å². The summed E-state index contributed by atoms with van der Waals surface area (Å²) in [6.07, 6.45) is 0.468. The Balaban J connectivity index is 1.61. The van der Waals surface area contributed by atoms with Crippen LogP contribution < -0.4 is 10.2 Å². The van der Waals surface area contributed by atoms with Gasteiger partial charge in [-0.15, -0.1) is 0 Å². The minimum absolute atomic E-state index is 0.233. The van der Waals surface area contributed by atoms with Crippen LogP contribution in [0.4, 0.5) is 10.1 Å². The monoisotopic (exact) mass is 326 g/mol. The number of rotatable bonds is 4. The molecule has 1 fully saturated rings. The van der Waals surface area contributed by atoms with Crippen LogP contribution in [0, 0.1) is 18.7 Å². The average Bonchev–Trinajstić information content (AvgIpc) is 2.96. The summed E-state index contributed by atoms with van der Waals surface area (Å²) in [5.74, 6) is -1.52. The predicted molar refractivity (Wildman–Crippen MR) is 89.9 cm³/mol. The van der Waals surface area contributed by atoms with Crippen LogP contribution in [-0.4, -0.2) is 18.4 Å². The largest absolute Gasteiger partial charge is 0.351 e. The number of nitrogens with zero attached hydrogens (tertiary/aromatic N) is 1. The van der Waals surface area contributed by atoms with Crippen LogP contribution in [0.2, 0.25) is 0 Å². The van der Waals surface area contributed by atoms with E-state index in [4.69, 9.17) is 0 Å². The number of carbonyl (C=O) groups is 2. The molecule has 4 nitrogen and oxygen atoms in total. The Morgan fingerprint density at radius 1 is 1.17 bits per heavy atom. The number of aryl methyl sites for hydroxylation is 1. The fourth-order valence-electron chi connectivity index (χ4n) is 2.82. The van der Waals surface area contributed by atoms with E-state index in [1.165, 1.54) is 17.0 Å². The zero-order valence-corrected chi connectivity index (χ0v) is 13.5. The molecule has 0 bridgehead atoms. The van der Waals surface area contributed by atoms with Crippen LogP contribution in [0.5, 0.6) is 0 Å². The summed E-state index contributed by atoms with van der Waals surface area (Å²) in [7, 11) is 0. The fourth-order valence-corrected chi connectivity index (χ4v) is 2.82. The lowest BCUT2D eigenvalue weighted by Crippen LogP contribution is -2.36. The van der Waals surface area contributed by atoms with E-state index in [9.17, 15) is 14.0 Å². The first-order valence-electron chi connectivity index (χ1n) is 7.95. The van der Waals surface area contributed by atoms with Gasteiger partial charge in [-0.1, -0.05) is 29.8 Å². The number of nitrogens with one attached hydrogen (secondary N) is 1. The van der Waals surface area contributed by atoms with Crippen molar-refractivity contribution >= 4 is 17.5 Å². The molecule has 3 rings (SSSR count). The van der Waals surface area contributed by atoms with E-state index in [1.807, 2.05) is 31.2 Å². The first kappa shape index (κ1) is 16.2. The van der Waals surface area contributed by atoms with Gasteiger partial charge in [-0.05, 0) is 43.2 Å². The number of halogens is 1. The molecule has 2 aromatic carbocycles. The molecular weight excluding hydrogens is 307 g/mol. The Bertz CT molecular complexity index is 741. The highest BCUT2D eigenvalue weighted by molar-refractivity contribution is 6.09. The van der Waals surface area contributed by atoms with Gasteiger partial charge in [0, 0.05) is 18.8 Å². The van der Waals surface area contributed by atoms with Gasteiger partial charge in [0.1, 0.15) is 11.7 Å². The summed E-state index contributed by atoms with van der Waals surface area (Å²) in [6.45, 7) is 2.87. The fraction of sp³-hybridized carbons (Fsp3) is 0.263. The van der Waals surface area contributed by atoms with Crippen LogP contribution in [0.15, 0.2) is 48.5 Å². The Morgan fingerprint density at radius 3 is 2.50 bits per heavy atom. The highest BCUT2D eigenvalue weighted by atomic mass is 19.1. The van der Waals surface area contributed by atoms with Crippen molar-refractivity contribution in [2.75, 3.05) is 11.4 Å². The third-order valence-electron chi connectivity index (χ3n) is 4.25. The molecule has 1 N–H and O–H groups in total. The van der Waals surface area contributed by atoms with Crippen LogP contribution in [-0.2, 0) is 16.1 Å². The molecule has 1 heterocycles. The standard InChI is InChI=1S/C19H19FN2O2/c1-13-2-4-14(5-3-13)12-21-18(23)17-10-11-22(19(17)24)16-8-6-15(20)7-9-16/h2-9,17H,10-12H2,1H3,(H,21,23). The molecule has 0 aromatic heterocycles. The smallest absolute Gasteiger partial charge is 0.239 e. The Morgan fingerprint density at radius 2 is 1.83 bits per heavy atom. The summed E-state index contributed by atoms with van der Waals surface area (Å²) >= 11 is 0. The van der Waals surface area contributed by atoms with Crippen molar-refractivity contribution in [2.45, 2.75) is 19.9 Å². The molecule has 5 heteroatoms. The molecule has 0 spiro atoms. The van der Waals surface area contributed by atoms with Crippen molar-refractivity contribution in [3.63, 3.8) is 0 Å². The van der Waals surface area contributed by atoms with Gasteiger partial charge in [-0.3, -0.25) is 9.59 Å². The van der Waals surface area contributed by atoms with E-state index < -0.39 is 5.92 Å². The topological polar surface area (TPSA) is 49.4 Å². The molecule has 0 aliphatic carbocycles. The van der Waals surface area contributed by atoms with E-state index in [0.717, 1.165) is 11.1 Å². The van der Waals surface area contributed by atoms with Gasteiger partial charge in [0.2, 0.25) is 11.8 Å². The molecule has 1 saturated heterocycles. The first-order valence-corrected chi connectivity index (χ1v) is 7.95. The van der Waals surface area contributed by atoms with Crippen molar-refractivity contribution in [2.24, 2.45) is 5.92 Å². The van der Waals surface area contributed by atoms with Crippen molar-refractivity contribution in [3.05, 3.63) is 65.5 Å². The zero-order chi connectivity index (χ0) is 17.1. The number of hydrogen-bond donors (Lipinski definition) is 1. The van der Waals surface area contributed by atoms with E-state index in [1.54, 1.807) is 12.1 Å². The molecule has 0 radical (unpaired) electrons. The molecule has 2 aromatic rings. The molecule has 124 valence electrons. The van der Waals surface area contributed by atoms with Gasteiger partial charge in [-0.2, -0.15) is 0 Å². The van der Waals surface area contributed by atoms with Crippen molar-refractivity contribution in [1.82, 2.24) is 5.32 Å². The molecule has 0 saturated carbocycles. The summed E-state index contributed by atoms with van der Waals surface area (Å²) in [6, 6.07) is 13.6. The number of anilines is 1. The zero-order valence-electron chi connectivity index (χ0n) is 13.5. The third-order valence-corrected chi connectivity index (χ3v) is 4.25. The maximum atomic E-state index is 13.0. The lowest BCUT2D eigenvalue weighted by Gasteiger charge is -2.16. The van der Waals surface area contributed by atoms with Crippen molar-refractivity contribution in [1.29, 1.82) is 0 Å². The average molecular weight is 326 g/mol. The van der Waals surface area contributed by atoms with Gasteiger partial charge < -0.3 is 10.2 Å². The molecule has 24 heavy (non-hydrogen) atoms. The van der Waals surface area contributed by atoms with Gasteiger partial charge in [0.05, 0.1) is 0 Å². The second kappa shape index (κ2) is 6.83. The van der Waals surface area contributed by atoms with E-state index >= 15 is 0 Å². The van der Waals surface area contributed by atoms with Crippen molar-refractivity contribution in [3.8, 4) is 0 Å². The summed E-state index contributed by atoms with van der Waals surface area (Å²) in [5, 5.41) is 2.83. The Hall–Kier alpha value is -2.69. The highest BCUT2D eigenvalue weighted by Gasteiger charge is 2.37. The minimum atomic E-state index is -0.680. The second-order valence-corrected chi connectivity index (χ2v) is 6.01. The Labute approximate surface area is 140 Å². The quantitative estimate of drug-likeness (QED) is 0.879. The number of carbonyl (C=O) groups excluding carboxylic acids is 2. The van der Waals surface area contributed by atoms with Crippen LogP contribution in [0.1, 0.15) is 17.5 Å². The SMILES string of the molecule is Cc1ccc(CNC(=O)C2CCN(c3ccc(F)cc3)C2=O)cc1. The molecule has 1 aliphatic rings. The highest BCUT2D eigenvalue weighted by Crippen LogP contribution is 2.25. The van der Waals surface area contributed by atoms with E-state index in [2.05, 4.69) is 5.32 Å². The minimum Gasteiger partial charge on any atom is -0.351 e. The van der Waals surface area contributed by atoms with Gasteiger partial charge in [-0.25, -0.2) is 4.39 Å². The molecule has 1 atom stereocenters. The summed E-state index contributed by atoms with van der Waals surface area (Å²) in [5.41, 5.74) is 2.77. The number of hydrogen-bond acceptors (Lipinski definition) is 2. The van der Waals surface area contributed by atoms with Crippen molar-refractivity contribution < 1.29 is 14.0 Å². The van der Waals surface area contributed by atoms with E-state index in [-0.39, 0.29) is 17.6 Å². The first-order chi connectivity index (χ1) is 11.5. The maximum absolute atomic E-state index is 13.0. The lowest BCUT2D eigenvalue weighted by atomic mass is 10.1. The van der Waals surface area contributed by atoms with E-state index in [0.29, 0.717) is 25.2 Å². The molecule has 2 amide bonds. The molecule has 1 aliphatic heterocycles. The number of benzene rings is 2. The third kappa shape index (κ3) is 3.45. The van der Waals surface area contributed by atoms with Crippen LogP contribution in [0.25, 0.3) is 0 Å². The predicted octanol–water partition coefficient (Wildman–Crippen LogP) is 2.80. The molecular formula is C19H19FN2O2. The van der Waals surface area contributed by atoms with Crippen LogP contribution >= 0.6 is 0 Å². The normalized spacial score (nSPS) is 17.2. The summed E-state index contributed by atoms with van der Waals surface area (Å²) in [4.78, 5) is 26.3. The maximum Gasteiger partial charge on any atom is 0.239 e. The summed E-state index contributed by atoms with van der Waals surface area (Å²) < 4.78 is 13.0. The Kier molecular flexibility index (Phi) is 4.60. The van der Waals surface area contributed by atoms with Crippen LogP contribution in [0.3, 0.4) is 0 Å². The number of amides is 2. The molecule has 1 unspecified atom stereocenters. The van der Waals surface area contributed by atoms with Gasteiger partial charge >= 0.3 is 0 Å². The van der Waals surface area contributed by atoms with Gasteiger partial charge in [0.15, 0.2) is 0 Å². The second-order valence-electron chi connectivity index (χ2n) is 6.01.